The normalized spacial score (nSPS) is 10.8. The molecule has 0 fully saturated rings. The Morgan fingerprint density at radius 3 is 1.93 bits per heavy atom. The Kier molecular flexibility index (Phi) is 4.74. The summed E-state index contributed by atoms with van der Waals surface area (Å²) in [4.78, 5) is 0. The Labute approximate surface area is 82.3 Å². The van der Waals surface area contributed by atoms with E-state index in [1.807, 2.05) is 0 Å². The molecule has 0 aromatic heterocycles. The van der Waals surface area contributed by atoms with Gasteiger partial charge in [-0.2, -0.15) is 13.2 Å². The summed E-state index contributed by atoms with van der Waals surface area (Å²) in [6.45, 7) is 5.80. The minimum Gasteiger partial charge on any atom is -0.484 e. The molecule has 0 unspecified atom stereocenters. The minimum absolute atomic E-state index is 0.294. The van der Waals surface area contributed by atoms with Gasteiger partial charge in [0, 0.05) is 0 Å². The lowest BCUT2D eigenvalue weighted by atomic mass is 10.2. The number of allylic oxidation sites excluding steroid dienone is 3. The summed E-state index contributed by atoms with van der Waals surface area (Å²) in [5.41, 5.74) is 1.64. The van der Waals surface area contributed by atoms with Crippen LogP contribution in [0.15, 0.2) is 23.0 Å². The summed E-state index contributed by atoms with van der Waals surface area (Å²) in [5.74, 6) is 0.294. The van der Waals surface area contributed by atoms with Gasteiger partial charge in [0.1, 0.15) is 5.76 Å². The first kappa shape index (κ1) is 13.1. The van der Waals surface area contributed by atoms with Gasteiger partial charge in [-0.1, -0.05) is 5.57 Å². The molecule has 0 aromatic carbocycles. The second-order valence-corrected chi connectivity index (χ2v) is 3.49. The molecule has 0 heterocycles. The summed E-state index contributed by atoms with van der Waals surface area (Å²) in [6, 6.07) is 0. The Morgan fingerprint density at radius 1 is 1.14 bits per heavy atom. The van der Waals surface area contributed by atoms with Gasteiger partial charge in [-0.15, -0.1) is 0 Å². The molecule has 0 saturated heterocycles. The first-order chi connectivity index (χ1) is 6.22. The first-order valence-electron chi connectivity index (χ1n) is 4.24. The van der Waals surface area contributed by atoms with Crippen LogP contribution < -0.4 is 0 Å². The van der Waals surface area contributed by atoms with Gasteiger partial charge in [-0.05, 0) is 39.3 Å². The monoisotopic (exact) mass is 208 g/mol. The number of alkyl halides is 3. The maximum Gasteiger partial charge on any atom is 0.422 e. The van der Waals surface area contributed by atoms with Crippen LogP contribution in [0.2, 0.25) is 0 Å². The van der Waals surface area contributed by atoms with Crippen molar-refractivity contribution in [2.24, 2.45) is 0 Å². The molecule has 0 N–H and O–H groups in total. The van der Waals surface area contributed by atoms with Crippen molar-refractivity contribution in [2.75, 3.05) is 6.61 Å². The third kappa shape index (κ3) is 6.57. The molecule has 1 nitrogen and oxygen atoms in total. The van der Waals surface area contributed by atoms with Crippen LogP contribution in [0.1, 0.15) is 27.7 Å². The highest BCUT2D eigenvalue weighted by molar-refractivity contribution is 5.20. The standard InChI is InChI=1S/C10H15F3O/c1-7(2)5-9(8(3)4)14-6-10(11,12)13/h5H,6H2,1-4H3. The van der Waals surface area contributed by atoms with E-state index in [9.17, 15) is 13.2 Å². The highest BCUT2D eigenvalue weighted by atomic mass is 19.4. The molecule has 0 aliphatic rings. The van der Waals surface area contributed by atoms with Crippen LogP contribution in [-0.4, -0.2) is 12.8 Å². The lowest BCUT2D eigenvalue weighted by molar-refractivity contribution is -0.164. The number of halogens is 3. The fourth-order valence-corrected chi connectivity index (χ4v) is 0.752. The lowest BCUT2D eigenvalue weighted by Crippen LogP contribution is -2.16. The summed E-state index contributed by atoms with van der Waals surface area (Å²) >= 11 is 0. The number of rotatable bonds is 3. The predicted octanol–water partition coefficient (Wildman–Crippen LogP) is 3.83. The molecule has 0 atom stereocenters. The molecule has 0 amide bonds. The van der Waals surface area contributed by atoms with Gasteiger partial charge in [-0.25, -0.2) is 0 Å². The molecule has 14 heavy (non-hydrogen) atoms. The Bertz CT molecular complexity index is 241. The molecule has 0 aliphatic heterocycles. The van der Waals surface area contributed by atoms with E-state index in [0.29, 0.717) is 5.76 Å². The van der Waals surface area contributed by atoms with E-state index in [2.05, 4.69) is 4.74 Å². The van der Waals surface area contributed by atoms with Gasteiger partial charge < -0.3 is 4.74 Å². The van der Waals surface area contributed by atoms with Crippen LogP contribution in [0.5, 0.6) is 0 Å². The lowest BCUT2D eigenvalue weighted by Gasteiger charge is -2.11. The fraction of sp³-hybridized carbons (Fsp3) is 0.600. The number of hydrogen-bond acceptors (Lipinski definition) is 1. The second-order valence-electron chi connectivity index (χ2n) is 3.49. The smallest absolute Gasteiger partial charge is 0.422 e. The average molecular weight is 208 g/mol. The van der Waals surface area contributed by atoms with Crippen LogP contribution in [0.25, 0.3) is 0 Å². The van der Waals surface area contributed by atoms with Crippen molar-refractivity contribution in [3.8, 4) is 0 Å². The zero-order valence-electron chi connectivity index (χ0n) is 8.83. The molecule has 0 spiro atoms. The third-order valence-corrected chi connectivity index (χ3v) is 1.30. The van der Waals surface area contributed by atoms with Crippen molar-refractivity contribution in [3.05, 3.63) is 23.0 Å². The van der Waals surface area contributed by atoms with E-state index in [-0.39, 0.29) is 0 Å². The average Bonchev–Trinajstić information content (AvgIpc) is 1.94. The van der Waals surface area contributed by atoms with Gasteiger partial charge >= 0.3 is 6.18 Å². The van der Waals surface area contributed by atoms with Gasteiger partial charge in [0.2, 0.25) is 0 Å². The van der Waals surface area contributed by atoms with Crippen molar-refractivity contribution in [2.45, 2.75) is 33.9 Å². The molecular weight excluding hydrogens is 193 g/mol. The molecule has 0 aliphatic carbocycles. The molecule has 82 valence electrons. The predicted molar refractivity (Wildman–Crippen MR) is 49.8 cm³/mol. The van der Waals surface area contributed by atoms with Crippen molar-refractivity contribution in [1.82, 2.24) is 0 Å². The molecule has 0 bridgehead atoms. The Hall–Kier alpha value is -0.930. The van der Waals surface area contributed by atoms with E-state index in [1.165, 1.54) is 0 Å². The van der Waals surface area contributed by atoms with E-state index in [1.54, 1.807) is 33.8 Å². The molecule has 0 aromatic rings. The quantitative estimate of drug-likeness (QED) is 0.506. The maximum absolute atomic E-state index is 11.8. The van der Waals surface area contributed by atoms with Crippen LogP contribution in [0.3, 0.4) is 0 Å². The largest absolute Gasteiger partial charge is 0.484 e. The maximum atomic E-state index is 11.8. The van der Waals surface area contributed by atoms with Crippen LogP contribution in [0, 0.1) is 0 Å². The first-order valence-corrected chi connectivity index (χ1v) is 4.24. The number of ether oxygens (including phenoxy) is 1. The van der Waals surface area contributed by atoms with Crippen molar-refractivity contribution in [1.29, 1.82) is 0 Å². The highest BCUT2D eigenvalue weighted by Gasteiger charge is 2.28. The van der Waals surface area contributed by atoms with Crippen molar-refractivity contribution in [3.63, 3.8) is 0 Å². The summed E-state index contributed by atoms with van der Waals surface area (Å²) in [5, 5.41) is 0. The third-order valence-electron chi connectivity index (χ3n) is 1.30. The van der Waals surface area contributed by atoms with E-state index in [0.717, 1.165) is 11.1 Å². The van der Waals surface area contributed by atoms with Crippen molar-refractivity contribution < 1.29 is 17.9 Å². The SMILES string of the molecule is CC(C)=CC(OCC(F)(F)F)=C(C)C. The van der Waals surface area contributed by atoms with E-state index >= 15 is 0 Å². The highest BCUT2D eigenvalue weighted by Crippen LogP contribution is 2.18. The summed E-state index contributed by atoms with van der Waals surface area (Å²) < 4.78 is 40.2. The summed E-state index contributed by atoms with van der Waals surface area (Å²) in [7, 11) is 0. The van der Waals surface area contributed by atoms with Crippen LogP contribution in [0.4, 0.5) is 13.2 Å². The second kappa shape index (κ2) is 5.08. The fourth-order valence-electron chi connectivity index (χ4n) is 0.752. The molecule has 0 radical (unpaired) electrons. The van der Waals surface area contributed by atoms with Gasteiger partial charge in [0.15, 0.2) is 6.61 Å². The topological polar surface area (TPSA) is 9.23 Å². The van der Waals surface area contributed by atoms with E-state index in [4.69, 9.17) is 0 Å². The summed E-state index contributed by atoms with van der Waals surface area (Å²) in [6.07, 6.45) is -2.68. The Morgan fingerprint density at radius 2 is 1.64 bits per heavy atom. The molecule has 0 rings (SSSR count). The zero-order chi connectivity index (χ0) is 11.4. The number of hydrogen-bond donors (Lipinski definition) is 0. The van der Waals surface area contributed by atoms with Crippen LogP contribution >= 0.6 is 0 Å². The van der Waals surface area contributed by atoms with Gasteiger partial charge in [-0.3, -0.25) is 0 Å². The minimum atomic E-state index is -4.28. The van der Waals surface area contributed by atoms with Gasteiger partial charge in [0.05, 0.1) is 0 Å². The molecule has 0 saturated carbocycles. The molecule has 4 heteroatoms. The van der Waals surface area contributed by atoms with E-state index < -0.39 is 12.8 Å². The van der Waals surface area contributed by atoms with Gasteiger partial charge in [0.25, 0.3) is 0 Å². The van der Waals surface area contributed by atoms with Crippen molar-refractivity contribution >= 4 is 0 Å². The van der Waals surface area contributed by atoms with Crippen LogP contribution in [-0.2, 0) is 4.74 Å². The zero-order valence-corrected chi connectivity index (χ0v) is 8.83. The Balaban J connectivity index is 4.45. The molecular formula is C10H15F3O.